The zero-order valence-electron chi connectivity index (χ0n) is 19.0. The van der Waals surface area contributed by atoms with E-state index in [1.807, 2.05) is 7.05 Å². The monoisotopic (exact) mass is 486 g/mol. The van der Waals surface area contributed by atoms with E-state index in [9.17, 15) is 17.6 Å². The van der Waals surface area contributed by atoms with Crippen LogP contribution in [-0.4, -0.2) is 48.4 Å². The number of imidazole rings is 1. The van der Waals surface area contributed by atoms with Gasteiger partial charge in [0.15, 0.2) is 0 Å². The maximum atomic E-state index is 13.9. The molecule has 0 radical (unpaired) electrons. The summed E-state index contributed by atoms with van der Waals surface area (Å²) in [6.45, 7) is 0.471. The number of aromatic nitrogens is 2. The van der Waals surface area contributed by atoms with Crippen molar-refractivity contribution < 1.29 is 22.3 Å². The van der Waals surface area contributed by atoms with E-state index in [1.165, 1.54) is 35.7 Å². The van der Waals surface area contributed by atoms with Crippen LogP contribution in [0.3, 0.4) is 0 Å². The maximum Gasteiger partial charge on any atom is 0.243 e. The lowest BCUT2D eigenvalue weighted by atomic mass is 9.96. The van der Waals surface area contributed by atoms with E-state index in [0.717, 1.165) is 0 Å². The number of aryl methyl sites for hydroxylation is 1. The molecule has 1 fully saturated rings. The number of nitrogens with one attached hydrogen (secondary N) is 1. The summed E-state index contributed by atoms with van der Waals surface area (Å²) in [5, 5.41) is 3.00. The van der Waals surface area contributed by atoms with Crippen LogP contribution in [-0.2, 0) is 21.9 Å². The number of halogens is 1. The summed E-state index contributed by atoms with van der Waals surface area (Å²) in [4.78, 5) is 17.7. The first-order chi connectivity index (χ1) is 16.3. The van der Waals surface area contributed by atoms with Crippen LogP contribution in [0.1, 0.15) is 30.3 Å². The van der Waals surface area contributed by atoms with E-state index in [0.29, 0.717) is 30.0 Å². The van der Waals surface area contributed by atoms with Crippen molar-refractivity contribution in [1.29, 1.82) is 0 Å². The Morgan fingerprint density at radius 2 is 1.88 bits per heavy atom. The van der Waals surface area contributed by atoms with Gasteiger partial charge in [0.05, 0.1) is 12.0 Å². The molecule has 34 heavy (non-hydrogen) atoms. The molecule has 0 spiro atoms. The predicted molar refractivity (Wildman–Crippen MR) is 124 cm³/mol. The number of carbonyl (C=O) groups is 1. The van der Waals surface area contributed by atoms with E-state index < -0.39 is 21.9 Å². The van der Waals surface area contributed by atoms with Gasteiger partial charge in [0.25, 0.3) is 0 Å². The summed E-state index contributed by atoms with van der Waals surface area (Å²) in [5.41, 5.74) is 0.585. The van der Waals surface area contributed by atoms with Crippen LogP contribution in [0, 0.1) is 11.7 Å². The number of hydrogen-bond acceptors (Lipinski definition) is 5. The molecule has 4 rings (SSSR count). The molecule has 1 N–H and O–H groups in total. The van der Waals surface area contributed by atoms with E-state index in [1.54, 1.807) is 41.2 Å². The SMILES string of the molecule is COc1ccc(S(=O)(=O)N2CCC(C(=O)N[C@@H](c3cccc(F)c3)c3nccn3C)CC2)cc1. The summed E-state index contributed by atoms with van der Waals surface area (Å²) in [5.74, 6) is 0.189. The third kappa shape index (κ3) is 4.97. The third-order valence-electron chi connectivity index (χ3n) is 6.11. The van der Waals surface area contributed by atoms with E-state index >= 15 is 0 Å². The molecule has 0 aliphatic carbocycles. The molecular formula is C24H27FN4O4S. The summed E-state index contributed by atoms with van der Waals surface area (Å²) in [6.07, 6.45) is 4.15. The zero-order valence-corrected chi connectivity index (χ0v) is 19.8. The second-order valence-corrected chi connectivity index (χ2v) is 10.2. The van der Waals surface area contributed by atoms with Crippen LogP contribution in [0.4, 0.5) is 4.39 Å². The van der Waals surface area contributed by atoms with E-state index in [4.69, 9.17) is 4.74 Å². The van der Waals surface area contributed by atoms with Gasteiger partial charge in [-0.25, -0.2) is 17.8 Å². The van der Waals surface area contributed by atoms with Crippen LogP contribution in [0.25, 0.3) is 0 Å². The van der Waals surface area contributed by atoms with E-state index in [-0.39, 0.29) is 29.8 Å². The van der Waals surface area contributed by atoms with Gasteiger partial charge in [0.2, 0.25) is 15.9 Å². The Morgan fingerprint density at radius 3 is 2.47 bits per heavy atom. The zero-order chi connectivity index (χ0) is 24.3. The number of methoxy groups -OCH3 is 1. The lowest BCUT2D eigenvalue weighted by molar-refractivity contribution is -0.126. The minimum absolute atomic E-state index is 0.192. The average molecular weight is 487 g/mol. The quantitative estimate of drug-likeness (QED) is 0.554. The predicted octanol–water partition coefficient (Wildman–Crippen LogP) is 2.87. The van der Waals surface area contributed by atoms with Gasteiger partial charge < -0.3 is 14.6 Å². The van der Waals surface area contributed by atoms with Crippen molar-refractivity contribution in [2.45, 2.75) is 23.8 Å². The topological polar surface area (TPSA) is 93.5 Å². The van der Waals surface area contributed by atoms with Crippen LogP contribution >= 0.6 is 0 Å². The molecule has 10 heteroatoms. The molecule has 1 aliphatic rings. The molecule has 180 valence electrons. The number of amides is 1. The standard InChI is InChI=1S/C24H27FN4O4S/c1-28-15-12-26-23(28)22(18-4-3-5-19(25)16-18)27-24(30)17-10-13-29(14-11-17)34(31,32)21-8-6-20(33-2)7-9-21/h3-9,12,15-17,22H,10-11,13-14H2,1-2H3,(H,27,30)/t22-/m0/s1. The van der Waals surface area contributed by atoms with Gasteiger partial charge in [-0.2, -0.15) is 4.31 Å². The number of sulfonamides is 1. The van der Waals surface area contributed by atoms with E-state index in [2.05, 4.69) is 10.3 Å². The smallest absolute Gasteiger partial charge is 0.243 e. The van der Waals surface area contributed by atoms with Crippen LogP contribution in [0.2, 0.25) is 0 Å². The first-order valence-corrected chi connectivity index (χ1v) is 12.4. The Balaban J connectivity index is 1.45. The molecule has 1 aliphatic heterocycles. The lowest BCUT2D eigenvalue weighted by Gasteiger charge is -2.31. The molecule has 0 bridgehead atoms. The fourth-order valence-electron chi connectivity index (χ4n) is 4.15. The van der Waals surface area contributed by atoms with Gasteiger partial charge >= 0.3 is 0 Å². The molecule has 2 heterocycles. The number of carbonyl (C=O) groups excluding carboxylic acids is 1. The Kier molecular flexibility index (Phi) is 6.99. The molecule has 3 aromatic rings. The Morgan fingerprint density at radius 1 is 1.18 bits per heavy atom. The highest BCUT2D eigenvalue weighted by molar-refractivity contribution is 7.89. The number of piperidine rings is 1. The minimum Gasteiger partial charge on any atom is -0.497 e. The van der Waals surface area contributed by atoms with Crippen molar-refractivity contribution in [1.82, 2.24) is 19.2 Å². The molecule has 1 saturated heterocycles. The second kappa shape index (κ2) is 9.94. The molecule has 1 amide bonds. The fourth-order valence-corrected chi connectivity index (χ4v) is 5.62. The van der Waals surface area contributed by atoms with Crippen molar-refractivity contribution in [2.24, 2.45) is 13.0 Å². The molecule has 8 nitrogen and oxygen atoms in total. The van der Waals surface area contributed by atoms with Gasteiger partial charge in [-0.05, 0) is 54.8 Å². The first kappa shape index (κ1) is 23.9. The number of benzene rings is 2. The Labute approximate surface area is 198 Å². The van der Waals surface area contributed by atoms with Crippen LogP contribution in [0.15, 0.2) is 65.8 Å². The van der Waals surface area contributed by atoms with Crippen LogP contribution < -0.4 is 10.1 Å². The van der Waals surface area contributed by atoms with Crippen molar-refractivity contribution in [3.05, 3.63) is 78.1 Å². The summed E-state index contributed by atoms with van der Waals surface area (Å²) in [7, 11) is -0.328. The second-order valence-electron chi connectivity index (χ2n) is 8.25. The van der Waals surface area contributed by atoms with Gasteiger partial charge in [-0.1, -0.05) is 12.1 Å². The van der Waals surface area contributed by atoms with Crippen molar-refractivity contribution in [3.63, 3.8) is 0 Å². The average Bonchev–Trinajstić information content (AvgIpc) is 3.28. The highest BCUT2D eigenvalue weighted by atomic mass is 32.2. The molecule has 1 aromatic heterocycles. The van der Waals surface area contributed by atoms with Crippen molar-refractivity contribution in [3.8, 4) is 5.75 Å². The van der Waals surface area contributed by atoms with Crippen molar-refractivity contribution in [2.75, 3.05) is 20.2 Å². The van der Waals surface area contributed by atoms with Gasteiger partial charge in [-0.3, -0.25) is 4.79 Å². The Hall–Kier alpha value is -3.24. The lowest BCUT2D eigenvalue weighted by Crippen LogP contribution is -2.44. The summed E-state index contributed by atoms with van der Waals surface area (Å²) >= 11 is 0. The largest absolute Gasteiger partial charge is 0.497 e. The normalized spacial score (nSPS) is 16.2. The molecule has 2 aromatic carbocycles. The molecule has 1 atom stereocenters. The van der Waals surface area contributed by atoms with Crippen molar-refractivity contribution >= 4 is 15.9 Å². The number of rotatable bonds is 7. The minimum atomic E-state index is -3.66. The van der Waals surface area contributed by atoms with Gasteiger partial charge in [0.1, 0.15) is 23.4 Å². The maximum absolute atomic E-state index is 13.9. The number of nitrogens with zero attached hydrogens (tertiary/aromatic N) is 3. The van der Waals surface area contributed by atoms with Gasteiger partial charge in [0, 0.05) is 38.4 Å². The third-order valence-corrected chi connectivity index (χ3v) is 8.02. The van der Waals surface area contributed by atoms with Crippen LogP contribution in [0.5, 0.6) is 5.75 Å². The molecule has 0 unspecified atom stereocenters. The fraction of sp³-hybridized carbons (Fsp3) is 0.333. The summed E-state index contributed by atoms with van der Waals surface area (Å²) in [6, 6.07) is 11.7. The number of ether oxygens (including phenoxy) is 1. The summed E-state index contributed by atoms with van der Waals surface area (Å²) < 4.78 is 48.1. The molecular weight excluding hydrogens is 459 g/mol. The Bertz CT molecular complexity index is 1250. The van der Waals surface area contributed by atoms with Gasteiger partial charge in [-0.15, -0.1) is 0 Å². The molecule has 0 saturated carbocycles. The first-order valence-electron chi connectivity index (χ1n) is 11.0. The number of hydrogen-bond donors (Lipinski definition) is 1. The highest BCUT2D eigenvalue weighted by Crippen LogP contribution is 2.27. The highest BCUT2D eigenvalue weighted by Gasteiger charge is 2.33.